The Balaban J connectivity index is 1.59. The van der Waals surface area contributed by atoms with Gasteiger partial charge in [0.1, 0.15) is 30.4 Å². The van der Waals surface area contributed by atoms with Crippen LogP contribution in [0.2, 0.25) is 0 Å². The molecule has 180 valence electrons. The molecular weight excluding hydrogens is 474 g/mol. The van der Waals surface area contributed by atoms with Gasteiger partial charge in [-0.25, -0.2) is 13.2 Å². The molecule has 14 heteroatoms. The molecule has 34 heavy (non-hydrogen) atoms. The predicted molar refractivity (Wildman–Crippen MR) is 114 cm³/mol. The van der Waals surface area contributed by atoms with Crippen LogP contribution in [0.5, 0.6) is 0 Å². The van der Waals surface area contributed by atoms with Crippen molar-refractivity contribution in [3.05, 3.63) is 76.1 Å². The molecule has 3 aromatic rings. The number of nitro groups is 1. The van der Waals surface area contributed by atoms with Crippen LogP contribution in [0, 0.1) is 10.1 Å². The fraction of sp³-hybridized carbons (Fsp3) is 0.200. The van der Waals surface area contributed by atoms with Gasteiger partial charge in [0, 0.05) is 6.07 Å². The third-order valence-corrected chi connectivity index (χ3v) is 5.74. The van der Waals surface area contributed by atoms with E-state index in [0.29, 0.717) is 5.76 Å². The molecule has 0 aliphatic heterocycles. The summed E-state index contributed by atoms with van der Waals surface area (Å²) < 4.78 is 46.7. The van der Waals surface area contributed by atoms with Crippen LogP contribution in [0.3, 0.4) is 0 Å². The Morgan fingerprint density at radius 3 is 2.62 bits per heavy atom. The highest BCUT2D eigenvalue weighted by atomic mass is 32.2. The van der Waals surface area contributed by atoms with E-state index in [-0.39, 0.29) is 30.4 Å². The van der Waals surface area contributed by atoms with Gasteiger partial charge in [0.15, 0.2) is 0 Å². The van der Waals surface area contributed by atoms with Crippen LogP contribution in [-0.2, 0) is 37.4 Å². The standard InChI is InChI=1S/C20H19N3O10S/c1-30-20(25)18-7-4-14(33-18)12-32-19(24)11-22-34(28,29)15-5-6-16(17(9-15)23(26)27)21-10-13-3-2-8-31-13/h2-9,21-22H,10-12H2,1H3. The van der Waals surface area contributed by atoms with Crippen molar-refractivity contribution < 1.29 is 41.2 Å². The summed E-state index contributed by atoms with van der Waals surface area (Å²) in [5.74, 6) is -1.06. The van der Waals surface area contributed by atoms with Gasteiger partial charge < -0.3 is 23.6 Å². The molecule has 0 aliphatic carbocycles. The molecule has 2 aromatic heterocycles. The molecule has 0 radical (unpaired) electrons. The predicted octanol–water partition coefficient (Wildman–Crippen LogP) is 2.20. The fourth-order valence-corrected chi connectivity index (χ4v) is 3.67. The molecule has 0 saturated carbocycles. The van der Waals surface area contributed by atoms with Gasteiger partial charge in [-0.1, -0.05) is 0 Å². The summed E-state index contributed by atoms with van der Waals surface area (Å²) in [5.41, 5.74) is -0.388. The minimum Gasteiger partial charge on any atom is -0.467 e. The van der Waals surface area contributed by atoms with Crippen molar-refractivity contribution in [3.8, 4) is 0 Å². The maximum atomic E-state index is 12.5. The number of rotatable bonds is 11. The van der Waals surface area contributed by atoms with E-state index in [1.807, 2.05) is 4.72 Å². The number of carbonyl (C=O) groups excluding carboxylic acids is 2. The van der Waals surface area contributed by atoms with Crippen molar-refractivity contribution in [3.63, 3.8) is 0 Å². The molecular formula is C20H19N3O10S. The van der Waals surface area contributed by atoms with E-state index in [1.54, 1.807) is 12.1 Å². The second-order valence-electron chi connectivity index (χ2n) is 6.61. The smallest absolute Gasteiger partial charge is 0.373 e. The van der Waals surface area contributed by atoms with Gasteiger partial charge in [-0.05, 0) is 36.4 Å². The van der Waals surface area contributed by atoms with E-state index >= 15 is 0 Å². The van der Waals surface area contributed by atoms with E-state index in [0.717, 1.165) is 12.1 Å². The lowest BCUT2D eigenvalue weighted by Gasteiger charge is -2.09. The van der Waals surface area contributed by atoms with Crippen molar-refractivity contribution in [2.24, 2.45) is 0 Å². The first-order valence-corrected chi connectivity index (χ1v) is 11.0. The molecule has 0 spiro atoms. The Labute approximate surface area is 192 Å². The third kappa shape index (κ3) is 6.20. The molecule has 2 heterocycles. The van der Waals surface area contributed by atoms with Crippen LogP contribution >= 0.6 is 0 Å². The van der Waals surface area contributed by atoms with E-state index in [2.05, 4.69) is 10.1 Å². The number of nitrogens with zero attached hydrogens (tertiary/aromatic N) is 1. The summed E-state index contributed by atoms with van der Waals surface area (Å²) in [7, 11) is -3.09. The largest absolute Gasteiger partial charge is 0.467 e. The monoisotopic (exact) mass is 493 g/mol. The molecule has 0 aliphatic rings. The number of carbonyl (C=O) groups is 2. The van der Waals surface area contributed by atoms with Crippen LogP contribution in [0.25, 0.3) is 0 Å². The average Bonchev–Trinajstić information content (AvgIpc) is 3.51. The van der Waals surface area contributed by atoms with E-state index < -0.39 is 44.0 Å². The summed E-state index contributed by atoms with van der Waals surface area (Å²) in [4.78, 5) is 33.5. The summed E-state index contributed by atoms with van der Waals surface area (Å²) in [5, 5.41) is 14.2. The highest BCUT2D eigenvalue weighted by molar-refractivity contribution is 7.89. The van der Waals surface area contributed by atoms with Crippen LogP contribution in [-0.4, -0.2) is 38.9 Å². The van der Waals surface area contributed by atoms with E-state index in [9.17, 15) is 28.1 Å². The molecule has 0 atom stereocenters. The number of benzene rings is 1. The first-order chi connectivity index (χ1) is 16.2. The quantitative estimate of drug-likeness (QED) is 0.227. The molecule has 3 rings (SSSR count). The number of hydrogen-bond acceptors (Lipinski definition) is 11. The third-order valence-electron chi connectivity index (χ3n) is 4.34. The second-order valence-corrected chi connectivity index (χ2v) is 8.38. The first-order valence-electron chi connectivity index (χ1n) is 9.56. The molecule has 13 nitrogen and oxygen atoms in total. The van der Waals surface area contributed by atoms with Crippen molar-refractivity contribution in [2.45, 2.75) is 18.0 Å². The van der Waals surface area contributed by atoms with E-state index in [4.69, 9.17) is 13.6 Å². The Morgan fingerprint density at radius 2 is 1.94 bits per heavy atom. The average molecular weight is 493 g/mol. The second kappa shape index (κ2) is 10.6. The lowest BCUT2D eigenvalue weighted by molar-refractivity contribution is -0.384. The van der Waals surface area contributed by atoms with Crippen molar-refractivity contribution in [1.82, 2.24) is 4.72 Å². The number of methoxy groups -OCH3 is 1. The number of sulfonamides is 1. The van der Waals surface area contributed by atoms with Crippen LogP contribution in [0.1, 0.15) is 22.1 Å². The van der Waals surface area contributed by atoms with Crippen LogP contribution in [0.4, 0.5) is 11.4 Å². The van der Waals surface area contributed by atoms with Crippen molar-refractivity contribution in [1.29, 1.82) is 0 Å². The zero-order valence-corrected chi connectivity index (χ0v) is 18.5. The van der Waals surface area contributed by atoms with Crippen molar-refractivity contribution >= 4 is 33.3 Å². The zero-order valence-electron chi connectivity index (χ0n) is 17.7. The molecule has 0 fully saturated rings. The van der Waals surface area contributed by atoms with Gasteiger partial charge in [0.05, 0.1) is 29.7 Å². The van der Waals surface area contributed by atoms with Gasteiger partial charge in [-0.3, -0.25) is 14.9 Å². The topological polar surface area (TPSA) is 180 Å². The Hall–Kier alpha value is -4.17. The Kier molecular flexibility index (Phi) is 7.65. The Bertz CT molecular complexity index is 1280. The minimum atomic E-state index is -4.27. The number of hydrogen-bond donors (Lipinski definition) is 2. The minimum absolute atomic E-state index is 0.0852. The zero-order chi connectivity index (χ0) is 24.7. The van der Waals surface area contributed by atoms with Gasteiger partial charge in [0.2, 0.25) is 15.8 Å². The maximum absolute atomic E-state index is 12.5. The summed E-state index contributed by atoms with van der Waals surface area (Å²) in [6.45, 7) is -0.931. The number of anilines is 1. The van der Waals surface area contributed by atoms with E-state index in [1.165, 1.54) is 31.6 Å². The van der Waals surface area contributed by atoms with Gasteiger partial charge >= 0.3 is 11.9 Å². The molecule has 2 N–H and O–H groups in total. The van der Waals surface area contributed by atoms with Crippen LogP contribution < -0.4 is 10.0 Å². The maximum Gasteiger partial charge on any atom is 0.373 e. The molecule has 0 bridgehead atoms. The highest BCUT2D eigenvalue weighted by Crippen LogP contribution is 2.28. The SMILES string of the molecule is COC(=O)c1ccc(COC(=O)CNS(=O)(=O)c2ccc(NCc3ccco3)c([N+](=O)[O-])c2)o1. The lowest BCUT2D eigenvalue weighted by Crippen LogP contribution is -2.30. The molecule has 0 unspecified atom stereocenters. The van der Waals surface area contributed by atoms with Gasteiger partial charge in [-0.2, -0.15) is 4.72 Å². The highest BCUT2D eigenvalue weighted by Gasteiger charge is 2.22. The number of esters is 2. The van der Waals surface area contributed by atoms with Crippen LogP contribution in [0.15, 0.2) is 62.5 Å². The summed E-state index contributed by atoms with van der Waals surface area (Å²) >= 11 is 0. The summed E-state index contributed by atoms with van der Waals surface area (Å²) in [6, 6.07) is 9.32. The fourth-order valence-electron chi connectivity index (χ4n) is 2.68. The molecule has 0 amide bonds. The number of nitro benzene ring substituents is 1. The summed E-state index contributed by atoms with van der Waals surface area (Å²) in [6.07, 6.45) is 1.45. The normalized spacial score (nSPS) is 11.1. The van der Waals surface area contributed by atoms with Crippen molar-refractivity contribution in [2.75, 3.05) is 19.0 Å². The number of furan rings is 2. The lowest BCUT2D eigenvalue weighted by atomic mass is 10.2. The van der Waals surface area contributed by atoms with Gasteiger partial charge in [-0.15, -0.1) is 0 Å². The van der Waals surface area contributed by atoms with Gasteiger partial charge in [0.25, 0.3) is 5.69 Å². The molecule has 0 saturated heterocycles. The number of nitrogens with one attached hydrogen (secondary N) is 2. The number of ether oxygens (including phenoxy) is 2. The first kappa shape index (κ1) is 24.5. The molecule has 1 aromatic carbocycles. The Morgan fingerprint density at radius 1 is 1.15 bits per heavy atom.